The number of likely N-dealkylation sites (tertiary alicyclic amines) is 1. The van der Waals surface area contributed by atoms with Gasteiger partial charge in [-0.15, -0.1) is 0 Å². The van der Waals surface area contributed by atoms with E-state index in [2.05, 4.69) is 41.4 Å². The molecular formula is C22H29N3O4S. The molecule has 0 saturated carbocycles. The molecule has 1 aliphatic rings. The molecule has 1 N–H and O–H groups in total. The topological polar surface area (TPSA) is 78.9 Å². The van der Waals surface area contributed by atoms with Crippen LogP contribution in [0.1, 0.15) is 34.3 Å². The van der Waals surface area contributed by atoms with Crippen molar-refractivity contribution in [1.82, 2.24) is 14.7 Å². The molecule has 0 bridgehead atoms. The molecule has 1 amide bonds. The second kappa shape index (κ2) is 9.70. The van der Waals surface area contributed by atoms with Gasteiger partial charge in [-0.1, -0.05) is 40.4 Å². The van der Waals surface area contributed by atoms with Gasteiger partial charge in [-0.25, -0.2) is 8.42 Å². The third-order valence-corrected chi connectivity index (χ3v) is 7.08. The number of carbonyl (C=O) groups excluding carboxylic acids is 1. The summed E-state index contributed by atoms with van der Waals surface area (Å²) in [6, 6.07) is 14.6. The van der Waals surface area contributed by atoms with Crippen molar-refractivity contribution in [3.63, 3.8) is 0 Å². The van der Waals surface area contributed by atoms with Crippen LogP contribution in [0.25, 0.3) is 0 Å². The highest BCUT2D eigenvalue weighted by Gasteiger charge is 2.24. The second-order valence-electron chi connectivity index (χ2n) is 7.64. The number of carbonyl (C=O) groups is 1. The van der Waals surface area contributed by atoms with Crippen LogP contribution in [-0.4, -0.2) is 57.0 Å². The summed E-state index contributed by atoms with van der Waals surface area (Å²) in [6.07, 6.45) is 1.73. The van der Waals surface area contributed by atoms with Crippen molar-refractivity contribution >= 4 is 15.9 Å². The fourth-order valence-corrected chi connectivity index (χ4v) is 4.64. The minimum Gasteiger partial charge on any atom is -0.349 e. The lowest BCUT2D eigenvalue weighted by atomic mass is 10.0. The van der Waals surface area contributed by atoms with Gasteiger partial charge in [-0.3, -0.25) is 14.5 Å². The monoisotopic (exact) mass is 431 g/mol. The van der Waals surface area contributed by atoms with Crippen molar-refractivity contribution in [3.05, 3.63) is 65.2 Å². The van der Waals surface area contributed by atoms with Crippen LogP contribution in [0.5, 0.6) is 0 Å². The van der Waals surface area contributed by atoms with Crippen LogP contribution in [0.4, 0.5) is 0 Å². The van der Waals surface area contributed by atoms with E-state index in [0.29, 0.717) is 5.56 Å². The summed E-state index contributed by atoms with van der Waals surface area (Å²) in [6.45, 7) is 4.83. The molecule has 7 nitrogen and oxygen atoms in total. The lowest BCUT2D eigenvalue weighted by Crippen LogP contribution is -2.44. The lowest BCUT2D eigenvalue weighted by Gasteiger charge is -2.32. The van der Waals surface area contributed by atoms with E-state index in [9.17, 15) is 13.2 Å². The number of hydrogen-bond donors (Lipinski definition) is 1. The van der Waals surface area contributed by atoms with E-state index in [0.717, 1.165) is 36.9 Å². The first-order valence-corrected chi connectivity index (χ1v) is 11.5. The largest absolute Gasteiger partial charge is 0.349 e. The minimum atomic E-state index is -3.79. The molecule has 3 rings (SSSR count). The maximum Gasteiger partial charge on any atom is 0.264 e. The number of piperidine rings is 1. The molecule has 1 fully saturated rings. The Morgan fingerprint density at radius 2 is 1.87 bits per heavy atom. The molecule has 0 spiro atoms. The Kier molecular flexibility index (Phi) is 7.25. The van der Waals surface area contributed by atoms with Crippen molar-refractivity contribution in [2.24, 2.45) is 0 Å². The van der Waals surface area contributed by atoms with Gasteiger partial charge < -0.3 is 5.32 Å². The normalized spacial score (nSPS) is 16.0. The lowest BCUT2D eigenvalue weighted by molar-refractivity contribution is -0.0258. The van der Waals surface area contributed by atoms with Crippen LogP contribution in [0.2, 0.25) is 0 Å². The molecule has 162 valence electrons. The molecule has 0 aromatic heterocycles. The van der Waals surface area contributed by atoms with Crippen LogP contribution < -0.4 is 5.32 Å². The second-order valence-corrected chi connectivity index (χ2v) is 9.57. The first kappa shape index (κ1) is 22.4. The van der Waals surface area contributed by atoms with E-state index in [1.54, 1.807) is 12.1 Å². The summed E-state index contributed by atoms with van der Waals surface area (Å²) >= 11 is 0. The van der Waals surface area contributed by atoms with E-state index < -0.39 is 10.0 Å². The summed E-state index contributed by atoms with van der Waals surface area (Å²) < 4.78 is 25.6. The Morgan fingerprint density at radius 1 is 1.17 bits per heavy atom. The first-order valence-electron chi connectivity index (χ1n) is 10.0. The van der Waals surface area contributed by atoms with E-state index in [1.165, 1.54) is 37.4 Å². The number of hydroxylamine groups is 1. The molecule has 30 heavy (non-hydrogen) atoms. The third-order valence-electron chi connectivity index (χ3n) is 5.40. The number of nitrogens with one attached hydrogen (secondary N) is 1. The van der Waals surface area contributed by atoms with Crippen LogP contribution in [0.15, 0.2) is 53.4 Å². The quantitative estimate of drug-likeness (QED) is 0.682. The zero-order valence-corrected chi connectivity index (χ0v) is 18.5. The predicted octanol–water partition coefficient (Wildman–Crippen LogP) is 2.57. The Bertz CT molecular complexity index is 985. The van der Waals surface area contributed by atoms with Gasteiger partial charge in [0.1, 0.15) is 0 Å². The Labute approximate surface area is 178 Å². The fourth-order valence-electron chi connectivity index (χ4n) is 3.62. The standard InChI is InChI=1S/C22H29N3O4S/c1-17-6-4-7-18(14-17)16-25-12-10-20(11-13-25)23-22(26)19-8-5-9-21(15-19)30(27,28)24(2)29-3/h4-9,14-15,20H,10-13,16H2,1-3H3,(H,23,26). The summed E-state index contributed by atoms with van der Waals surface area (Å²) in [4.78, 5) is 19.9. The molecule has 2 aromatic carbocycles. The highest BCUT2D eigenvalue weighted by Crippen LogP contribution is 2.18. The average molecular weight is 432 g/mol. The molecule has 8 heteroatoms. The minimum absolute atomic E-state index is 0.0208. The molecule has 0 radical (unpaired) electrons. The summed E-state index contributed by atoms with van der Waals surface area (Å²) in [7, 11) is -1.20. The van der Waals surface area contributed by atoms with Crippen molar-refractivity contribution in [2.75, 3.05) is 27.2 Å². The maximum atomic E-state index is 12.7. The number of benzene rings is 2. The smallest absolute Gasteiger partial charge is 0.264 e. The zero-order valence-electron chi connectivity index (χ0n) is 17.7. The highest BCUT2D eigenvalue weighted by molar-refractivity contribution is 7.89. The Morgan fingerprint density at radius 3 is 2.53 bits per heavy atom. The van der Waals surface area contributed by atoms with E-state index >= 15 is 0 Å². The number of hydrogen-bond acceptors (Lipinski definition) is 5. The molecule has 0 unspecified atom stereocenters. The first-order chi connectivity index (χ1) is 14.3. The molecule has 0 aliphatic carbocycles. The van der Waals surface area contributed by atoms with Gasteiger partial charge in [-0.2, -0.15) is 0 Å². The highest BCUT2D eigenvalue weighted by atomic mass is 32.2. The Balaban J connectivity index is 1.57. The average Bonchev–Trinajstić information content (AvgIpc) is 2.74. The van der Waals surface area contributed by atoms with Crippen LogP contribution in [0.3, 0.4) is 0 Å². The van der Waals surface area contributed by atoms with Gasteiger partial charge in [-0.05, 0) is 43.5 Å². The van der Waals surface area contributed by atoms with E-state index in [-0.39, 0.29) is 16.8 Å². The third kappa shape index (κ3) is 5.46. The SMILES string of the molecule is CON(C)S(=O)(=O)c1cccc(C(=O)NC2CCN(Cc3cccc(C)c3)CC2)c1. The molecule has 1 aliphatic heterocycles. The summed E-state index contributed by atoms with van der Waals surface area (Å²) in [5.41, 5.74) is 2.88. The van der Waals surface area contributed by atoms with Gasteiger partial charge in [0.25, 0.3) is 15.9 Å². The van der Waals surface area contributed by atoms with E-state index in [1.807, 2.05) is 0 Å². The van der Waals surface area contributed by atoms with Gasteiger partial charge in [0.2, 0.25) is 0 Å². The fraction of sp³-hybridized carbons (Fsp3) is 0.409. The number of sulfonamides is 1. The number of aryl methyl sites for hydroxylation is 1. The number of rotatable bonds is 7. The summed E-state index contributed by atoms with van der Waals surface area (Å²) in [5, 5.41) is 3.05. The van der Waals surface area contributed by atoms with Crippen molar-refractivity contribution < 1.29 is 18.0 Å². The van der Waals surface area contributed by atoms with Crippen molar-refractivity contribution in [2.45, 2.75) is 37.2 Å². The van der Waals surface area contributed by atoms with Crippen LogP contribution >= 0.6 is 0 Å². The van der Waals surface area contributed by atoms with E-state index in [4.69, 9.17) is 4.84 Å². The molecular weight excluding hydrogens is 402 g/mol. The van der Waals surface area contributed by atoms with Gasteiger partial charge in [0.15, 0.2) is 0 Å². The Hall–Kier alpha value is -2.26. The van der Waals surface area contributed by atoms with Crippen LogP contribution in [0, 0.1) is 6.92 Å². The van der Waals surface area contributed by atoms with Gasteiger partial charge >= 0.3 is 0 Å². The molecule has 0 atom stereocenters. The summed E-state index contributed by atoms with van der Waals surface area (Å²) in [5.74, 6) is -0.260. The van der Waals surface area contributed by atoms with Crippen molar-refractivity contribution in [1.29, 1.82) is 0 Å². The van der Waals surface area contributed by atoms with Crippen molar-refractivity contribution in [3.8, 4) is 0 Å². The molecule has 2 aromatic rings. The number of amides is 1. The molecule has 1 heterocycles. The van der Waals surface area contributed by atoms with Gasteiger partial charge in [0, 0.05) is 38.3 Å². The maximum absolute atomic E-state index is 12.7. The number of nitrogens with zero attached hydrogens (tertiary/aromatic N) is 2. The molecule has 1 saturated heterocycles. The zero-order chi connectivity index (χ0) is 21.7. The van der Waals surface area contributed by atoms with Gasteiger partial charge in [0.05, 0.1) is 12.0 Å². The van der Waals surface area contributed by atoms with Crippen LogP contribution in [-0.2, 0) is 21.4 Å². The predicted molar refractivity (Wildman–Crippen MR) is 115 cm³/mol.